The van der Waals surface area contributed by atoms with Crippen molar-refractivity contribution < 1.29 is 0 Å². The Hall–Kier alpha value is -1.18. The van der Waals surface area contributed by atoms with Gasteiger partial charge in [-0.1, -0.05) is 68.2 Å². The Labute approximate surface area is 143 Å². The van der Waals surface area contributed by atoms with E-state index in [0.29, 0.717) is 21.9 Å². The molecule has 0 aliphatic heterocycles. The fourth-order valence-corrected chi connectivity index (χ4v) is 3.02. The van der Waals surface area contributed by atoms with E-state index < -0.39 is 0 Å². The van der Waals surface area contributed by atoms with Crippen molar-refractivity contribution in [3.63, 3.8) is 0 Å². The quantitative estimate of drug-likeness (QED) is 0.643. The molecule has 0 aromatic heterocycles. The van der Waals surface area contributed by atoms with E-state index in [1.807, 2.05) is 12.1 Å². The number of hydrogen-bond donors (Lipinski definition) is 1. The molecule has 0 heterocycles. The van der Waals surface area contributed by atoms with E-state index in [0.717, 1.165) is 18.7 Å². The number of halogens is 2. The SMILES string of the molecule is CC(C)Cc1ccc(C(C)CNc2cc(Cl)cc(Cl)c2)cc1. The molecule has 0 fully saturated rings. The molecule has 0 aliphatic rings. The predicted molar refractivity (Wildman–Crippen MR) is 98.4 cm³/mol. The molecule has 0 saturated heterocycles. The second-order valence-electron chi connectivity index (χ2n) is 6.28. The number of anilines is 1. The van der Waals surface area contributed by atoms with E-state index in [4.69, 9.17) is 23.2 Å². The lowest BCUT2D eigenvalue weighted by Gasteiger charge is -2.15. The fourth-order valence-electron chi connectivity index (χ4n) is 2.50. The second kappa shape index (κ2) is 7.89. The maximum absolute atomic E-state index is 6.02. The van der Waals surface area contributed by atoms with Crippen LogP contribution < -0.4 is 5.32 Å². The van der Waals surface area contributed by atoms with Crippen LogP contribution in [0.1, 0.15) is 37.8 Å². The first kappa shape index (κ1) is 17.2. The standard InChI is InChI=1S/C19H23Cl2N/c1-13(2)8-15-4-6-16(7-5-15)14(3)12-22-19-10-17(20)9-18(21)11-19/h4-7,9-11,13-14,22H,8,12H2,1-3H3. The fraction of sp³-hybridized carbons (Fsp3) is 0.368. The van der Waals surface area contributed by atoms with Gasteiger partial charge in [0.1, 0.15) is 0 Å². The van der Waals surface area contributed by atoms with E-state index >= 15 is 0 Å². The normalized spacial score (nSPS) is 12.5. The van der Waals surface area contributed by atoms with Crippen LogP contribution in [0.5, 0.6) is 0 Å². The summed E-state index contributed by atoms with van der Waals surface area (Å²) in [6, 6.07) is 14.5. The third-order valence-corrected chi connectivity index (χ3v) is 4.10. The Morgan fingerprint density at radius 1 is 0.909 bits per heavy atom. The highest BCUT2D eigenvalue weighted by atomic mass is 35.5. The summed E-state index contributed by atoms with van der Waals surface area (Å²) in [5.41, 5.74) is 3.70. The largest absolute Gasteiger partial charge is 0.384 e. The van der Waals surface area contributed by atoms with Gasteiger partial charge < -0.3 is 5.32 Å². The minimum atomic E-state index is 0.422. The molecule has 2 aromatic rings. The minimum absolute atomic E-state index is 0.422. The molecule has 2 rings (SSSR count). The summed E-state index contributed by atoms with van der Waals surface area (Å²) in [7, 11) is 0. The van der Waals surface area contributed by atoms with Gasteiger partial charge in [0.15, 0.2) is 0 Å². The number of rotatable bonds is 6. The summed E-state index contributed by atoms with van der Waals surface area (Å²) in [5.74, 6) is 1.11. The van der Waals surface area contributed by atoms with Crippen molar-refractivity contribution in [3.8, 4) is 0 Å². The summed E-state index contributed by atoms with van der Waals surface area (Å²) < 4.78 is 0. The smallest absolute Gasteiger partial charge is 0.0441 e. The lowest BCUT2D eigenvalue weighted by atomic mass is 9.97. The van der Waals surface area contributed by atoms with Gasteiger partial charge in [0.25, 0.3) is 0 Å². The Morgan fingerprint density at radius 2 is 1.50 bits per heavy atom. The van der Waals surface area contributed by atoms with Crippen LogP contribution in [-0.2, 0) is 6.42 Å². The van der Waals surface area contributed by atoms with Crippen LogP contribution in [0.3, 0.4) is 0 Å². The van der Waals surface area contributed by atoms with Gasteiger partial charge in [-0.05, 0) is 47.6 Å². The van der Waals surface area contributed by atoms with Crippen molar-refractivity contribution in [2.24, 2.45) is 5.92 Å². The van der Waals surface area contributed by atoms with Gasteiger partial charge in [0, 0.05) is 22.3 Å². The van der Waals surface area contributed by atoms with Crippen molar-refractivity contribution in [2.75, 3.05) is 11.9 Å². The molecular weight excluding hydrogens is 313 g/mol. The van der Waals surface area contributed by atoms with Crippen LogP contribution in [0.2, 0.25) is 10.0 Å². The Morgan fingerprint density at radius 3 is 2.05 bits per heavy atom. The molecule has 2 aromatic carbocycles. The third kappa shape index (κ3) is 5.23. The van der Waals surface area contributed by atoms with Crippen LogP contribution in [-0.4, -0.2) is 6.54 Å². The van der Waals surface area contributed by atoms with Crippen molar-refractivity contribution in [2.45, 2.75) is 33.1 Å². The van der Waals surface area contributed by atoms with Gasteiger partial charge in [-0.15, -0.1) is 0 Å². The van der Waals surface area contributed by atoms with E-state index in [1.165, 1.54) is 11.1 Å². The monoisotopic (exact) mass is 335 g/mol. The Bertz CT molecular complexity index is 585. The molecule has 0 saturated carbocycles. The van der Waals surface area contributed by atoms with E-state index in [1.54, 1.807) is 6.07 Å². The molecule has 1 atom stereocenters. The summed E-state index contributed by atoms with van der Waals surface area (Å²) in [4.78, 5) is 0. The lowest BCUT2D eigenvalue weighted by molar-refractivity contribution is 0.647. The third-order valence-electron chi connectivity index (χ3n) is 3.67. The first-order valence-electron chi connectivity index (χ1n) is 7.73. The molecular formula is C19H23Cl2N. The van der Waals surface area contributed by atoms with Gasteiger partial charge in [0.2, 0.25) is 0 Å². The molecule has 0 spiro atoms. The van der Waals surface area contributed by atoms with Gasteiger partial charge in [-0.2, -0.15) is 0 Å². The first-order valence-corrected chi connectivity index (χ1v) is 8.48. The molecule has 1 unspecified atom stereocenters. The topological polar surface area (TPSA) is 12.0 Å². The van der Waals surface area contributed by atoms with Gasteiger partial charge in [-0.25, -0.2) is 0 Å². The van der Waals surface area contributed by atoms with E-state index in [-0.39, 0.29) is 0 Å². The average Bonchev–Trinajstić information content (AvgIpc) is 2.44. The molecule has 22 heavy (non-hydrogen) atoms. The summed E-state index contributed by atoms with van der Waals surface area (Å²) in [5, 5.41) is 4.71. The zero-order valence-electron chi connectivity index (χ0n) is 13.4. The maximum Gasteiger partial charge on any atom is 0.0441 e. The summed E-state index contributed by atoms with van der Waals surface area (Å²) in [6.45, 7) is 7.56. The Balaban J connectivity index is 1.95. The highest BCUT2D eigenvalue weighted by Gasteiger charge is 2.07. The number of hydrogen-bond acceptors (Lipinski definition) is 1. The van der Waals surface area contributed by atoms with E-state index in [9.17, 15) is 0 Å². The molecule has 118 valence electrons. The van der Waals surface area contributed by atoms with Crippen molar-refractivity contribution >= 4 is 28.9 Å². The first-order chi connectivity index (χ1) is 10.4. The highest BCUT2D eigenvalue weighted by molar-refractivity contribution is 6.35. The summed E-state index contributed by atoms with van der Waals surface area (Å²) >= 11 is 12.0. The number of benzene rings is 2. The van der Waals surface area contributed by atoms with Crippen molar-refractivity contribution in [3.05, 3.63) is 63.6 Å². The number of nitrogens with one attached hydrogen (secondary N) is 1. The molecule has 0 radical (unpaired) electrons. The maximum atomic E-state index is 6.02. The van der Waals surface area contributed by atoms with Crippen LogP contribution in [0.25, 0.3) is 0 Å². The second-order valence-corrected chi connectivity index (χ2v) is 7.15. The highest BCUT2D eigenvalue weighted by Crippen LogP contribution is 2.24. The molecule has 1 N–H and O–H groups in total. The zero-order valence-corrected chi connectivity index (χ0v) is 14.9. The van der Waals surface area contributed by atoms with Crippen LogP contribution in [0, 0.1) is 5.92 Å². The molecule has 1 nitrogen and oxygen atoms in total. The average molecular weight is 336 g/mol. The predicted octanol–water partition coefficient (Wildman–Crippen LogP) is 6.41. The molecule has 3 heteroatoms. The van der Waals surface area contributed by atoms with Gasteiger partial charge in [0.05, 0.1) is 0 Å². The molecule has 0 aliphatic carbocycles. The van der Waals surface area contributed by atoms with E-state index in [2.05, 4.69) is 50.4 Å². The lowest BCUT2D eigenvalue weighted by Crippen LogP contribution is -2.10. The summed E-state index contributed by atoms with van der Waals surface area (Å²) in [6.07, 6.45) is 1.13. The molecule has 0 amide bonds. The van der Waals surface area contributed by atoms with Crippen LogP contribution in [0.4, 0.5) is 5.69 Å². The zero-order chi connectivity index (χ0) is 16.1. The Kier molecular flexibility index (Phi) is 6.16. The van der Waals surface area contributed by atoms with Crippen molar-refractivity contribution in [1.82, 2.24) is 0 Å². The van der Waals surface area contributed by atoms with Gasteiger partial charge >= 0.3 is 0 Å². The molecule has 0 bridgehead atoms. The van der Waals surface area contributed by atoms with Crippen molar-refractivity contribution in [1.29, 1.82) is 0 Å². The van der Waals surface area contributed by atoms with Crippen LogP contribution >= 0.6 is 23.2 Å². The minimum Gasteiger partial charge on any atom is -0.384 e. The van der Waals surface area contributed by atoms with Crippen LogP contribution in [0.15, 0.2) is 42.5 Å². The van der Waals surface area contributed by atoms with Gasteiger partial charge in [-0.3, -0.25) is 0 Å².